The molecule has 0 amide bonds. The van der Waals surface area contributed by atoms with E-state index in [1.165, 1.54) is 12.1 Å². The number of carbonyl (C=O) groups excluding carboxylic acids is 1. The first-order valence-corrected chi connectivity index (χ1v) is 18.4. The topological polar surface area (TPSA) is 171 Å². The molecule has 0 heterocycles. The second-order valence-electron chi connectivity index (χ2n) is 11.1. The number of non-ortho nitro benzene ring substituents is 1. The van der Waals surface area contributed by atoms with E-state index in [0.29, 0.717) is 144 Å². The molecule has 0 bridgehead atoms. The van der Waals surface area contributed by atoms with E-state index in [9.17, 15) is 14.9 Å². The van der Waals surface area contributed by atoms with Gasteiger partial charge in [0.05, 0.1) is 143 Å². The molecule has 0 aliphatic carbocycles. The van der Waals surface area contributed by atoms with E-state index < -0.39 is 4.92 Å². The molecule has 16 nitrogen and oxygen atoms in total. The molecule has 0 saturated heterocycles. The van der Waals surface area contributed by atoms with Gasteiger partial charge in [0.25, 0.3) is 5.69 Å². The van der Waals surface area contributed by atoms with Gasteiger partial charge in [-0.2, -0.15) is 0 Å². The summed E-state index contributed by atoms with van der Waals surface area (Å²) in [4.78, 5) is 22.2. The van der Waals surface area contributed by atoms with Gasteiger partial charge in [-0.3, -0.25) is 14.9 Å². The van der Waals surface area contributed by atoms with Crippen molar-refractivity contribution in [3.63, 3.8) is 0 Å². The maximum absolute atomic E-state index is 12.0. The van der Waals surface area contributed by atoms with Gasteiger partial charge in [0.1, 0.15) is 19.0 Å². The monoisotopic (exact) mass is 749 g/mol. The third-order valence-corrected chi connectivity index (χ3v) is 7.10. The third kappa shape index (κ3) is 30.0. The molecule has 302 valence electrons. The minimum atomic E-state index is -0.453. The van der Waals surface area contributed by atoms with Crippen LogP contribution >= 0.6 is 0 Å². The fourth-order valence-corrected chi connectivity index (χ4v) is 4.22. The van der Waals surface area contributed by atoms with E-state index in [1.807, 2.05) is 6.92 Å². The van der Waals surface area contributed by atoms with Crippen LogP contribution in [-0.4, -0.2) is 156 Å². The Morgan fingerprint density at radius 2 is 0.865 bits per heavy atom. The number of nitro groups is 1. The predicted molar refractivity (Wildman–Crippen MR) is 191 cm³/mol. The summed E-state index contributed by atoms with van der Waals surface area (Å²) in [5, 5.41) is 10.6. The molecule has 0 saturated carbocycles. The molecule has 1 rings (SSSR count). The van der Waals surface area contributed by atoms with Crippen molar-refractivity contribution < 1.29 is 66.6 Å². The lowest BCUT2D eigenvalue weighted by atomic mass is 10.00. The molecule has 1 aromatic rings. The molecule has 0 aliphatic rings. The number of hydrogen-bond acceptors (Lipinski definition) is 15. The first-order valence-electron chi connectivity index (χ1n) is 18.4. The van der Waals surface area contributed by atoms with E-state index >= 15 is 0 Å². The SMILES string of the molecule is CCCCC(CC)C(=O)OCCOCCOCCOCCOCCOCCOCCOCCOCCOCCOCCOc1ccc([N+](=O)[O-])cc1. The number of ether oxygens (including phenoxy) is 12. The minimum absolute atomic E-state index is 0.0107. The molecule has 0 aromatic heterocycles. The second kappa shape index (κ2) is 36.8. The first kappa shape index (κ1) is 47.5. The van der Waals surface area contributed by atoms with Crippen LogP contribution in [0.3, 0.4) is 0 Å². The van der Waals surface area contributed by atoms with E-state index in [2.05, 4.69) is 6.92 Å². The molecule has 1 atom stereocenters. The molecule has 1 unspecified atom stereocenters. The lowest BCUT2D eigenvalue weighted by Crippen LogP contribution is -2.20. The lowest BCUT2D eigenvalue weighted by Gasteiger charge is -2.13. The molecule has 1 aromatic carbocycles. The number of carbonyl (C=O) groups is 1. The van der Waals surface area contributed by atoms with Crippen LogP contribution in [0.15, 0.2) is 24.3 Å². The van der Waals surface area contributed by atoms with Crippen LogP contribution < -0.4 is 4.74 Å². The van der Waals surface area contributed by atoms with E-state index in [-0.39, 0.29) is 24.2 Å². The van der Waals surface area contributed by atoms with E-state index in [4.69, 9.17) is 56.8 Å². The Morgan fingerprint density at radius 1 is 0.538 bits per heavy atom. The van der Waals surface area contributed by atoms with Gasteiger partial charge in [-0.25, -0.2) is 0 Å². The summed E-state index contributed by atoms with van der Waals surface area (Å²) in [6.07, 6.45) is 3.81. The zero-order chi connectivity index (χ0) is 37.6. The Balaban J connectivity index is 1.67. The maximum Gasteiger partial charge on any atom is 0.308 e. The highest BCUT2D eigenvalue weighted by Crippen LogP contribution is 2.17. The number of esters is 1. The highest BCUT2D eigenvalue weighted by Gasteiger charge is 2.17. The van der Waals surface area contributed by atoms with Crippen molar-refractivity contribution in [3.05, 3.63) is 34.4 Å². The molecule has 16 heteroatoms. The lowest BCUT2D eigenvalue weighted by molar-refractivity contribution is -0.384. The Labute approximate surface area is 309 Å². The number of hydrogen-bond donors (Lipinski definition) is 0. The van der Waals surface area contributed by atoms with Crippen molar-refractivity contribution in [2.24, 2.45) is 5.92 Å². The Morgan fingerprint density at radius 3 is 1.17 bits per heavy atom. The summed E-state index contributed by atoms with van der Waals surface area (Å²) < 4.78 is 65.4. The number of nitrogens with zero attached hydrogens (tertiary/aromatic N) is 1. The van der Waals surface area contributed by atoms with Crippen LogP contribution in [0.1, 0.15) is 39.5 Å². The normalized spacial score (nSPS) is 11.9. The average Bonchev–Trinajstić information content (AvgIpc) is 3.15. The molecule has 0 radical (unpaired) electrons. The second-order valence-corrected chi connectivity index (χ2v) is 11.1. The van der Waals surface area contributed by atoms with Crippen LogP contribution in [0.2, 0.25) is 0 Å². The third-order valence-electron chi connectivity index (χ3n) is 7.10. The summed E-state index contributed by atoms with van der Waals surface area (Å²) in [6, 6.07) is 5.90. The van der Waals surface area contributed by atoms with Gasteiger partial charge in [0.15, 0.2) is 0 Å². The van der Waals surface area contributed by atoms with Gasteiger partial charge in [-0.1, -0.05) is 26.7 Å². The zero-order valence-corrected chi connectivity index (χ0v) is 31.3. The number of unbranched alkanes of at least 4 members (excludes halogenated alkanes) is 1. The Hall–Kier alpha value is -2.51. The molecular weight excluding hydrogens is 686 g/mol. The fraction of sp³-hybridized carbons (Fsp3) is 0.806. The van der Waals surface area contributed by atoms with Crippen LogP contribution in [-0.2, 0) is 56.9 Å². The minimum Gasteiger partial charge on any atom is -0.491 e. The molecule has 0 fully saturated rings. The van der Waals surface area contributed by atoms with Crippen molar-refractivity contribution >= 4 is 11.7 Å². The Kier molecular flexibility index (Phi) is 33.7. The quantitative estimate of drug-likeness (QED) is 0.0409. The average molecular weight is 750 g/mol. The Bertz CT molecular complexity index is 941. The van der Waals surface area contributed by atoms with Crippen LogP contribution in [0, 0.1) is 16.0 Å². The van der Waals surface area contributed by atoms with Gasteiger partial charge < -0.3 is 56.8 Å². The summed E-state index contributed by atoms with van der Waals surface area (Å²) >= 11 is 0. The van der Waals surface area contributed by atoms with Crippen LogP contribution in [0.25, 0.3) is 0 Å². The summed E-state index contributed by atoms with van der Waals surface area (Å²) in [7, 11) is 0. The number of nitro benzene ring substituents is 1. The van der Waals surface area contributed by atoms with Crippen molar-refractivity contribution in [2.45, 2.75) is 39.5 Å². The smallest absolute Gasteiger partial charge is 0.308 e. The summed E-state index contributed by atoms with van der Waals surface area (Å²) in [6.45, 7) is 13.9. The largest absolute Gasteiger partial charge is 0.491 e. The maximum atomic E-state index is 12.0. The van der Waals surface area contributed by atoms with Gasteiger partial charge in [-0.05, 0) is 25.0 Å². The van der Waals surface area contributed by atoms with Crippen LogP contribution in [0.5, 0.6) is 5.75 Å². The number of benzene rings is 1. The highest BCUT2D eigenvalue weighted by atomic mass is 16.6. The van der Waals surface area contributed by atoms with Crippen molar-refractivity contribution in [1.29, 1.82) is 0 Å². The standard InChI is InChI=1S/C36H63NO15/c1-3-5-6-33(4-2)36(38)52-32-30-50-28-26-48-24-22-46-20-18-44-16-14-42-12-11-41-13-15-43-17-19-45-21-23-47-25-27-49-29-31-51-35-9-7-34(8-10-35)37(39)40/h7-10,33H,3-6,11-32H2,1-2H3. The predicted octanol–water partition coefficient (Wildman–Crippen LogP) is 3.90. The fourth-order valence-electron chi connectivity index (χ4n) is 4.22. The van der Waals surface area contributed by atoms with Crippen molar-refractivity contribution in [2.75, 3.05) is 145 Å². The van der Waals surface area contributed by atoms with Crippen molar-refractivity contribution in [3.8, 4) is 5.75 Å². The van der Waals surface area contributed by atoms with Crippen molar-refractivity contribution in [1.82, 2.24) is 0 Å². The summed E-state index contributed by atoms with van der Waals surface area (Å²) in [5.74, 6) is 0.415. The van der Waals surface area contributed by atoms with Gasteiger partial charge >= 0.3 is 5.97 Å². The molecular formula is C36H63NO15. The van der Waals surface area contributed by atoms with E-state index in [0.717, 1.165) is 25.7 Å². The molecule has 0 aliphatic heterocycles. The molecule has 52 heavy (non-hydrogen) atoms. The molecule has 0 spiro atoms. The van der Waals surface area contributed by atoms with Crippen LogP contribution in [0.4, 0.5) is 5.69 Å². The van der Waals surface area contributed by atoms with E-state index in [1.54, 1.807) is 12.1 Å². The highest BCUT2D eigenvalue weighted by molar-refractivity contribution is 5.72. The van der Waals surface area contributed by atoms with Gasteiger partial charge in [0.2, 0.25) is 0 Å². The summed E-state index contributed by atoms with van der Waals surface area (Å²) in [5.41, 5.74) is 0.0229. The van der Waals surface area contributed by atoms with Gasteiger partial charge in [0, 0.05) is 12.1 Å². The zero-order valence-electron chi connectivity index (χ0n) is 31.3. The molecule has 0 N–H and O–H groups in total. The first-order chi connectivity index (χ1) is 25.6. The van der Waals surface area contributed by atoms with Gasteiger partial charge in [-0.15, -0.1) is 0 Å². The number of rotatable bonds is 40.